The van der Waals surface area contributed by atoms with E-state index in [2.05, 4.69) is 16.0 Å². The Morgan fingerprint density at radius 3 is 2.33 bits per heavy atom. The maximum Gasteiger partial charge on any atom is 0.251 e. The Bertz CT molecular complexity index is 1390. The van der Waals surface area contributed by atoms with Crippen LogP contribution in [0.4, 0.5) is 5.69 Å². The molecule has 10 nitrogen and oxygen atoms in total. The molecule has 1 aliphatic heterocycles. The zero-order chi connectivity index (χ0) is 30.6. The van der Waals surface area contributed by atoms with Crippen molar-refractivity contribution in [1.82, 2.24) is 15.5 Å². The number of carbonyl (C=O) groups excluding carboxylic acids is 3. The molecular formula is C33H40N6O4. The number of piperidine rings is 1. The molecule has 1 aliphatic rings. The number of guanidine groups is 1. The highest BCUT2D eigenvalue weighted by Crippen LogP contribution is 2.19. The molecule has 10 heteroatoms. The third-order valence-corrected chi connectivity index (χ3v) is 7.43. The van der Waals surface area contributed by atoms with Crippen molar-refractivity contribution in [3.05, 3.63) is 95.6 Å². The van der Waals surface area contributed by atoms with Crippen LogP contribution in [0.2, 0.25) is 0 Å². The second-order valence-corrected chi connectivity index (χ2v) is 10.5. The number of aryl methyl sites for hydroxylation is 1. The quantitative estimate of drug-likeness (QED) is 0.163. The molecule has 0 spiro atoms. The van der Waals surface area contributed by atoms with Crippen LogP contribution in [0.25, 0.3) is 0 Å². The van der Waals surface area contributed by atoms with Crippen LogP contribution in [0.1, 0.15) is 47.7 Å². The van der Waals surface area contributed by atoms with Gasteiger partial charge in [-0.3, -0.25) is 19.8 Å². The first-order valence-electron chi connectivity index (χ1n) is 14.7. The zero-order valence-corrected chi connectivity index (χ0v) is 24.5. The minimum Gasteiger partial charge on any atom is -0.494 e. The maximum atomic E-state index is 13.6. The number of para-hydroxylation sites is 1. The van der Waals surface area contributed by atoms with Crippen molar-refractivity contribution in [1.29, 1.82) is 5.41 Å². The third-order valence-electron chi connectivity index (χ3n) is 7.43. The summed E-state index contributed by atoms with van der Waals surface area (Å²) in [6.07, 6.45) is 2.46. The predicted molar refractivity (Wildman–Crippen MR) is 167 cm³/mol. The molecule has 3 aromatic carbocycles. The molecule has 0 radical (unpaired) electrons. The largest absolute Gasteiger partial charge is 0.494 e. The highest BCUT2D eigenvalue weighted by Gasteiger charge is 2.24. The third kappa shape index (κ3) is 9.32. The van der Waals surface area contributed by atoms with Crippen molar-refractivity contribution in [3.63, 3.8) is 0 Å². The van der Waals surface area contributed by atoms with Gasteiger partial charge in [-0.25, -0.2) is 0 Å². The highest BCUT2D eigenvalue weighted by molar-refractivity contribution is 6.01. The van der Waals surface area contributed by atoms with Gasteiger partial charge in [0.2, 0.25) is 11.8 Å². The number of rotatable bonds is 12. The van der Waals surface area contributed by atoms with Crippen LogP contribution in [0.15, 0.2) is 78.9 Å². The van der Waals surface area contributed by atoms with Gasteiger partial charge in [0.05, 0.1) is 6.61 Å². The Kier molecular flexibility index (Phi) is 11.1. The number of amides is 3. The average Bonchev–Trinajstić information content (AvgIpc) is 3.02. The number of nitrogens with one attached hydrogen (secondary N) is 4. The first kappa shape index (κ1) is 31.1. The monoisotopic (exact) mass is 584 g/mol. The minimum atomic E-state index is -0.845. The fourth-order valence-electron chi connectivity index (χ4n) is 5.06. The normalized spacial score (nSPS) is 13.9. The van der Waals surface area contributed by atoms with Gasteiger partial charge in [0, 0.05) is 43.2 Å². The molecular weight excluding hydrogens is 544 g/mol. The second-order valence-electron chi connectivity index (χ2n) is 10.5. The first-order valence-corrected chi connectivity index (χ1v) is 14.7. The summed E-state index contributed by atoms with van der Waals surface area (Å²) in [7, 11) is 0. The number of hydrogen-bond acceptors (Lipinski definition) is 5. The lowest BCUT2D eigenvalue weighted by atomic mass is 10.0. The Balaban J connectivity index is 1.40. The van der Waals surface area contributed by atoms with Crippen LogP contribution in [0.3, 0.4) is 0 Å². The lowest BCUT2D eigenvalue weighted by Crippen LogP contribution is -2.48. The lowest BCUT2D eigenvalue weighted by Gasteiger charge is -2.32. The number of nitrogens with two attached hydrogens (primary N) is 1. The summed E-state index contributed by atoms with van der Waals surface area (Å²) in [5.41, 5.74) is 8.32. The number of likely N-dealkylation sites (tertiary alicyclic amines) is 1. The van der Waals surface area contributed by atoms with E-state index in [-0.39, 0.29) is 42.6 Å². The van der Waals surface area contributed by atoms with Crippen LogP contribution in [-0.2, 0) is 22.4 Å². The van der Waals surface area contributed by atoms with Gasteiger partial charge < -0.3 is 31.3 Å². The molecule has 3 aromatic rings. The summed E-state index contributed by atoms with van der Waals surface area (Å²) >= 11 is 0. The fourth-order valence-corrected chi connectivity index (χ4v) is 5.06. The number of anilines is 1. The standard InChI is InChI=1S/C33H40N6O4/c1-2-43-27-15-12-23(13-16-27)22-29(38-31(41)25-9-4-3-5-10-25)32(42)37-28-11-7-6-8-24(28)14-17-30(40)36-26-18-20-39(21-19-26)33(34)35/h3-13,15-16,26,29H,2,14,17-22H2,1H3,(H3,34,35)(H,36,40)(H,37,42)(H,38,41)/t29-/m1/s1. The van der Waals surface area contributed by atoms with Crippen molar-refractivity contribution >= 4 is 29.4 Å². The van der Waals surface area contributed by atoms with E-state index in [1.54, 1.807) is 35.2 Å². The van der Waals surface area contributed by atoms with Gasteiger partial charge in [-0.1, -0.05) is 48.5 Å². The molecule has 43 heavy (non-hydrogen) atoms. The summed E-state index contributed by atoms with van der Waals surface area (Å²) in [5.74, 6) is 0.0359. The molecule has 0 aliphatic carbocycles. The molecule has 0 aromatic heterocycles. The number of nitrogens with zero attached hydrogens (tertiary/aromatic N) is 1. The fraction of sp³-hybridized carbons (Fsp3) is 0.333. The Labute approximate surface area is 252 Å². The number of carbonyl (C=O) groups is 3. The van der Waals surface area contributed by atoms with Crippen LogP contribution in [0, 0.1) is 5.41 Å². The molecule has 0 bridgehead atoms. The van der Waals surface area contributed by atoms with Crippen LogP contribution in [-0.4, -0.2) is 60.4 Å². The van der Waals surface area contributed by atoms with E-state index in [9.17, 15) is 14.4 Å². The van der Waals surface area contributed by atoms with E-state index < -0.39 is 6.04 Å². The number of hydrogen-bond donors (Lipinski definition) is 5. The summed E-state index contributed by atoms with van der Waals surface area (Å²) in [6.45, 7) is 3.76. The van der Waals surface area contributed by atoms with Gasteiger partial charge in [-0.05, 0) is 67.6 Å². The van der Waals surface area contributed by atoms with E-state index >= 15 is 0 Å². The Morgan fingerprint density at radius 1 is 0.977 bits per heavy atom. The smallest absolute Gasteiger partial charge is 0.251 e. The van der Waals surface area contributed by atoms with Gasteiger partial charge in [0.15, 0.2) is 5.96 Å². The maximum absolute atomic E-state index is 13.6. The van der Waals surface area contributed by atoms with Crippen molar-refractivity contribution < 1.29 is 19.1 Å². The van der Waals surface area contributed by atoms with Gasteiger partial charge in [0.1, 0.15) is 11.8 Å². The van der Waals surface area contributed by atoms with Gasteiger partial charge in [0.25, 0.3) is 5.91 Å². The minimum absolute atomic E-state index is 0.0506. The van der Waals surface area contributed by atoms with Crippen LogP contribution >= 0.6 is 0 Å². The summed E-state index contributed by atoms with van der Waals surface area (Å²) in [6, 6.07) is 22.8. The van der Waals surface area contributed by atoms with E-state index in [0.717, 1.165) is 29.7 Å². The van der Waals surface area contributed by atoms with E-state index in [0.29, 0.717) is 37.4 Å². The predicted octanol–water partition coefficient (Wildman–Crippen LogP) is 3.47. The van der Waals surface area contributed by atoms with E-state index in [4.69, 9.17) is 15.9 Å². The summed E-state index contributed by atoms with van der Waals surface area (Å²) < 4.78 is 5.53. The number of ether oxygens (including phenoxy) is 1. The molecule has 1 saturated heterocycles. The van der Waals surface area contributed by atoms with E-state index in [1.807, 2.05) is 55.5 Å². The molecule has 0 unspecified atom stereocenters. The van der Waals surface area contributed by atoms with Gasteiger partial charge >= 0.3 is 0 Å². The molecule has 1 fully saturated rings. The Morgan fingerprint density at radius 2 is 1.65 bits per heavy atom. The van der Waals surface area contributed by atoms with Crippen molar-refractivity contribution in [2.45, 2.75) is 51.1 Å². The van der Waals surface area contributed by atoms with E-state index in [1.165, 1.54) is 0 Å². The number of benzene rings is 3. The average molecular weight is 585 g/mol. The van der Waals surface area contributed by atoms with Crippen LogP contribution < -0.4 is 26.4 Å². The highest BCUT2D eigenvalue weighted by atomic mass is 16.5. The lowest BCUT2D eigenvalue weighted by molar-refractivity contribution is -0.122. The molecule has 4 rings (SSSR count). The molecule has 3 amide bonds. The molecule has 1 atom stereocenters. The van der Waals surface area contributed by atoms with Crippen molar-refractivity contribution in [2.75, 3.05) is 25.0 Å². The Hall–Kier alpha value is -4.86. The summed E-state index contributed by atoms with van der Waals surface area (Å²) in [5, 5.41) is 16.5. The molecule has 0 saturated carbocycles. The molecule has 226 valence electrons. The van der Waals surface area contributed by atoms with Gasteiger partial charge in [-0.15, -0.1) is 0 Å². The second kappa shape index (κ2) is 15.4. The SMILES string of the molecule is CCOc1ccc(C[C@@H](NC(=O)c2ccccc2)C(=O)Nc2ccccc2CCC(=O)NC2CCN(C(=N)N)CC2)cc1. The zero-order valence-electron chi connectivity index (χ0n) is 24.5. The first-order chi connectivity index (χ1) is 20.8. The topological polar surface area (TPSA) is 150 Å². The van der Waals surface area contributed by atoms with Crippen LogP contribution in [0.5, 0.6) is 5.75 Å². The van der Waals surface area contributed by atoms with Crippen molar-refractivity contribution in [2.24, 2.45) is 5.73 Å². The summed E-state index contributed by atoms with van der Waals surface area (Å²) in [4.78, 5) is 41.2. The van der Waals surface area contributed by atoms with Gasteiger partial charge in [-0.2, -0.15) is 0 Å². The van der Waals surface area contributed by atoms with Crippen molar-refractivity contribution in [3.8, 4) is 5.75 Å². The molecule has 1 heterocycles. The molecule has 6 N–H and O–H groups in total.